The minimum atomic E-state index is -0.274. The van der Waals surface area contributed by atoms with Gasteiger partial charge in [-0.2, -0.15) is 0 Å². The maximum Gasteiger partial charge on any atom is 0.250 e. The molecule has 2 N–H and O–H groups in total. The molecule has 28 heavy (non-hydrogen) atoms. The van der Waals surface area contributed by atoms with E-state index in [4.69, 9.17) is 14.2 Å². The zero-order valence-electron chi connectivity index (χ0n) is 16.2. The second-order valence-electron chi connectivity index (χ2n) is 6.26. The first-order chi connectivity index (χ1) is 13.5. The number of phenolic OH excluding ortho intramolecular Hbond substituents is 1. The van der Waals surface area contributed by atoms with Crippen LogP contribution in [0, 0.1) is 6.92 Å². The van der Waals surface area contributed by atoms with Crippen molar-refractivity contribution in [2.45, 2.75) is 6.92 Å². The lowest BCUT2D eigenvalue weighted by atomic mass is 10.0. The second-order valence-corrected chi connectivity index (χ2v) is 6.26. The van der Waals surface area contributed by atoms with Crippen molar-refractivity contribution in [3.63, 3.8) is 0 Å². The lowest BCUT2D eigenvalue weighted by molar-refractivity contribution is -0.119. The number of amides is 1. The number of ether oxygens (including phenoxy) is 3. The van der Waals surface area contributed by atoms with Crippen LogP contribution in [0.15, 0.2) is 36.4 Å². The highest BCUT2D eigenvalue weighted by Gasteiger charge is 2.14. The van der Waals surface area contributed by atoms with Crippen molar-refractivity contribution in [2.75, 3.05) is 33.3 Å². The molecule has 0 bridgehead atoms. The van der Waals surface area contributed by atoms with E-state index in [0.717, 1.165) is 10.9 Å². The number of rotatable bonds is 6. The molecule has 0 fully saturated rings. The standard InChI is InChI=1S/C21H22N2O5/c1-12-7-16(15-8-13(27-3)5-6-19(15)24)22-17-10-20(28-4)18(9-14(12)17)23-21(25)11-26-2/h5-10,24H,11H2,1-4H3,(H,23,25). The van der Waals surface area contributed by atoms with Crippen molar-refractivity contribution >= 4 is 22.5 Å². The van der Waals surface area contributed by atoms with Crippen LogP contribution < -0.4 is 14.8 Å². The van der Waals surface area contributed by atoms with Crippen LogP contribution in [0.2, 0.25) is 0 Å². The van der Waals surface area contributed by atoms with Crippen LogP contribution in [0.1, 0.15) is 5.56 Å². The Bertz CT molecular complexity index is 1030. The minimum absolute atomic E-state index is 0.0491. The maximum atomic E-state index is 11.9. The molecule has 0 atom stereocenters. The lowest BCUT2D eigenvalue weighted by Gasteiger charge is -2.14. The Hall–Kier alpha value is -3.32. The summed E-state index contributed by atoms with van der Waals surface area (Å²) in [6, 6.07) is 10.4. The van der Waals surface area contributed by atoms with Gasteiger partial charge in [-0.05, 0) is 42.8 Å². The van der Waals surface area contributed by atoms with E-state index in [-0.39, 0.29) is 18.3 Å². The molecule has 0 radical (unpaired) electrons. The van der Waals surface area contributed by atoms with Gasteiger partial charge in [0.25, 0.3) is 0 Å². The van der Waals surface area contributed by atoms with E-state index in [2.05, 4.69) is 10.3 Å². The smallest absolute Gasteiger partial charge is 0.250 e. The molecule has 0 aliphatic carbocycles. The van der Waals surface area contributed by atoms with E-state index in [1.165, 1.54) is 14.2 Å². The minimum Gasteiger partial charge on any atom is -0.507 e. The zero-order chi connectivity index (χ0) is 20.3. The Morgan fingerprint density at radius 1 is 1.11 bits per heavy atom. The van der Waals surface area contributed by atoms with E-state index >= 15 is 0 Å². The highest BCUT2D eigenvalue weighted by Crippen LogP contribution is 2.36. The van der Waals surface area contributed by atoms with Crippen LogP contribution in [-0.4, -0.2) is 43.9 Å². The predicted molar refractivity (Wildman–Crippen MR) is 107 cm³/mol. The third-order valence-corrected chi connectivity index (χ3v) is 4.37. The van der Waals surface area contributed by atoms with E-state index in [0.29, 0.717) is 34.0 Å². The SMILES string of the molecule is COCC(=O)Nc1cc2c(C)cc(-c3cc(OC)ccc3O)nc2cc1OC. The number of aromatic nitrogens is 1. The fourth-order valence-electron chi connectivity index (χ4n) is 2.99. The summed E-state index contributed by atoms with van der Waals surface area (Å²) in [6.07, 6.45) is 0. The first-order valence-corrected chi connectivity index (χ1v) is 8.62. The van der Waals surface area contributed by atoms with Crippen LogP contribution in [0.5, 0.6) is 17.2 Å². The quantitative estimate of drug-likeness (QED) is 0.678. The first-order valence-electron chi connectivity index (χ1n) is 8.62. The van der Waals surface area contributed by atoms with Gasteiger partial charge in [0, 0.05) is 24.1 Å². The second kappa shape index (κ2) is 8.14. The van der Waals surface area contributed by atoms with Gasteiger partial charge in [0.15, 0.2) is 0 Å². The number of hydrogen-bond donors (Lipinski definition) is 2. The molecule has 0 unspecified atom stereocenters. The predicted octanol–water partition coefficient (Wildman–Crippen LogP) is 3.52. The zero-order valence-corrected chi connectivity index (χ0v) is 16.2. The van der Waals surface area contributed by atoms with Gasteiger partial charge in [0.2, 0.25) is 5.91 Å². The highest BCUT2D eigenvalue weighted by molar-refractivity contribution is 5.98. The molecule has 7 heteroatoms. The molecular weight excluding hydrogens is 360 g/mol. The van der Waals surface area contributed by atoms with Gasteiger partial charge in [-0.15, -0.1) is 0 Å². The van der Waals surface area contributed by atoms with Crippen molar-refractivity contribution in [1.29, 1.82) is 0 Å². The first kappa shape index (κ1) is 19.4. The average Bonchev–Trinajstić information content (AvgIpc) is 2.68. The Morgan fingerprint density at radius 2 is 1.89 bits per heavy atom. The normalized spacial score (nSPS) is 10.7. The van der Waals surface area contributed by atoms with Gasteiger partial charge in [-0.25, -0.2) is 4.98 Å². The Labute approximate surface area is 162 Å². The number of fused-ring (bicyclic) bond motifs is 1. The molecule has 7 nitrogen and oxygen atoms in total. The third kappa shape index (κ3) is 3.84. The molecule has 146 valence electrons. The Kier molecular flexibility index (Phi) is 5.65. The van der Waals surface area contributed by atoms with Gasteiger partial charge in [0.05, 0.1) is 31.1 Å². The van der Waals surface area contributed by atoms with Crippen molar-refractivity contribution < 1.29 is 24.1 Å². The van der Waals surface area contributed by atoms with Gasteiger partial charge in [-0.1, -0.05) is 0 Å². The summed E-state index contributed by atoms with van der Waals surface area (Å²) in [7, 11) is 4.55. The molecule has 1 heterocycles. The summed E-state index contributed by atoms with van der Waals surface area (Å²) in [5.74, 6) is 0.947. The van der Waals surface area contributed by atoms with Gasteiger partial charge < -0.3 is 24.6 Å². The summed E-state index contributed by atoms with van der Waals surface area (Å²) in [6.45, 7) is 1.89. The molecule has 0 aliphatic rings. The monoisotopic (exact) mass is 382 g/mol. The summed E-state index contributed by atoms with van der Waals surface area (Å²) in [5.41, 5.74) is 3.34. The number of methoxy groups -OCH3 is 3. The van der Waals surface area contributed by atoms with Gasteiger partial charge in [0.1, 0.15) is 23.9 Å². The fourth-order valence-corrected chi connectivity index (χ4v) is 2.99. The number of phenols is 1. The number of nitrogens with zero attached hydrogens (tertiary/aromatic N) is 1. The summed E-state index contributed by atoms with van der Waals surface area (Å²) in [4.78, 5) is 16.6. The summed E-state index contributed by atoms with van der Waals surface area (Å²) >= 11 is 0. The van der Waals surface area contributed by atoms with E-state index in [1.54, 1.807) is 31.4 Å². The lowest BCUT2D eigenvalue weighted by Crippen LogP contribution is -2.17. The Morgan fingerprint density at radius 3 is 2.57 bits per heavy atom. The highest BCUT2D eigenvalue weighted by atomic mass is 16.5. The number of nitrogens with one attached hydrogen (secondary N) is 1. The third-order valence-electron chi connectivity index (χ3n) is 4.37. The number of carbonyl (C=O) groups excluding carboxylic acids is 1. The average molecular weight is 382 g/mol. The fraction of sp³-hybridized carbons (Fsp3) is 0.238. The van der Waals surface area contributed by atoms with Crippen molar-refractivity contribution in [3.05, 3.63) is 42.0 Å². The van der Waals surface area contributed by atoms with Crippen LogP contribution in [0.4, 0.5) is 5.69 Å². The topological polar surface area (TPSA) is 89.9 Å². The van der Waals surface area contributed by atoms with E-state index in [1.807, 2.05) is 19.1 Å². The molecular formula is C21H22N2O5. The van der Waals surface area contributed by atoms with E-state index in [9.17, 15) is 9.90 Å². The number of aryl methyl sites for hydroxylation is 1. The largest absolute Gasteiger partial charge is 0.507 e. The van der Waals surface area contributed by atoms with Crippen LogP contribution in [0.3, 0.4) is 0 Å². The number of carbonyl (C=O) groups is 1. The van der Waals surface area contributed by atoms with E-state index < -0.39 is 0 Å². The molecule has 0 saturated heterocycles. The molecule has 3 rings (SSSR count). The molecule has 3 aromatic rings. The molecule has 2 aromatic carbocycles. The van der Waals surface area contributed by atoms with Crippen molar-refractivity contribution in [2.24, 2.45) is 0 Å². The number of hydrogen-bond acceptors (Lipinski definition) is 6. The maximum absolute atomic E-state index is 11.9. The van der Waals surface area contributed by atoms with Gasteiger partial charge >= 0.3 is 0 Å². The molecule has 0 saturated carbocycles. The molecule has 1 amide bonds. The Balaban J connectivity index is 2.12. The van der Waals surface area contributed by atoms with Crippen LogP contribution >= 0.6 is 0 Å². The number of benzene rings is 2. The van der Waals surface area contributed by atoms with Crippen molar-refractivity contribution in [3.8, 4) is 28.5 Å². The van der Waals surface area contributed by atoms with Crippen LogP contribution in [0.25, 0.3) is 22.2 Å². The van der Waals surface area contributed by atoms with Crippen LogP contribution in [-0.2, 0) is 9.53 Å². The number of aromatic hydroxyl groups is 1. The molecule has 0 spiro atoms. The summed E-state index contributed by atoms with van der Waals surface area (Å²) < 4.78 is 15.5. The molecule has 0 aliphatic heterocycles. The molecule has 1 aromatic heterocycles. The summed E-state index contributed by atoms with van der Waals surface area (Å²) in [5, 5.41) is 13.9. The number of pyridine rings is 1. The van der Waals surface area contributed by atoms with Gasteiger partial charge in [-0.3, -0.25) is 4.79 Å². The number of anilines is 1. The van der Waals surface area contributed by atoms with Crippen molar-refractivity contribution in [1.82, 2.24) is 4.98 Å².